The van der Waals surface area contributed by atoms with Crippen molar-refractivity contribution >= 4 is 0 Å². The van der Waals surface area contributed by atoms with E-state index in [4.69, 9.17) is 4.74 Å². The highest BCUT2D eigenvalue weighted by Crippen LogP contribution is 2.21. The first kappa shape index (κ1) is 12.9. The number of rotatable bonds is 1. The van der Waals surface area contributed by atoms with Gasteiger partial charge >= 0.3 is 0 Å². The maximum Gasteiger partial charge on any atom is 0.110 e. The lowest BCUT2D eigenvalue weighted by Crippen LogP contribution is -2.49. The van der Waals surface area contributed by atoms with Crippen molar-refractivity contribution in [3.63, 3.8) is 0 Å². The molecule has 1 atom stereocenters. The summed E-state index contributed by atoms with van der Waals surface area (Å²) in [6.07, 6.45) is 0.267. The monoisotopic (exact) mass is 187 g/mol. The zero-order valence-electron chi connectivity index (χ0n) is 9.98. The Kier molecular flexibility index (Phi) is 5.57. The predicted molar refractivity (Wildman–Crippen MR) is 57.7 cm³/mol. The molecule has 1 fully saturated rings. The molecule has 2 nitrogen and oxygen atoms in total. The second-order valence-electron chi connectivity index (χ2n) is 4.52. The minimum absolute atomic E-state index is 0.267. The van der Waals surface area contributed by atoms with Crippen LogP contribution in [0.4, 0.5) is 0 Å². The predicted octanol–water partition coefficient (Wildman–Crippen LogP) is 2.64. The Hall–Kier alpha value is -0.0800. The van der Waals surface area contributed by atoms with E-state index in [0.717, 1.165) is 13.2 Å². The molecule has 1 N–H and O–H groups in total. The van der Waals surface area contributed by atoms with Gasteiger partial charge in [0.15, 0.2) is 0 Å². The standard InChI is InChI=1S/C9H19NO.C2H6/c1-7(2)8-10-5-9(3,4)6-11-8;1-2/h7-8,10H,5-6H2,1-4H3;1-2H3. The molecule has 1 rings (SSSR count). The van der Waals surface area contributed by atoms with Gasteiger partial charge in [0.2, 0.25) is 0 Å². The van der Waals surface area contributed by atoms with E-state index in [-0.39, 0.29) is 6.23 Å². The second kappa shape index (κ2) is 5.61. The summed E-state index contributed by atoms with van der Waals surface area (Å²) >= 11 is 0. The molecule has 0 aliphatic carbocycles. The maximum absolute atomic E-state index is 5.64. The summed E-state index contributed by atoms with van der Waals surface area (Å²) in [6.45, 7) is 14.7. The molecule has 0 spiro atoms. The van der Waals surface area contributed by atoms with Gasteiger partial charge in [-0.25, -0.2) is 0 Å². The Labute approximate surface area is 83.1 Å². The van der Waals surface area contributed by atoms with Crippen molar-refractivity contribution in [3.8, 4) is 0 Å². The fraction of sp³-hybridized carbons (Fsp3) is 1.00. The third-order valence-electron chi connectivity index (χ3n) is 2.04. The van der Waals surface area contributed by atoms with Crippen LogP contribution in [0.25, 0.3) is 0 Å². The van der Waals surface area contributed by atoms with Crippen LogP contribution in [0.1, 0.15) is 41.5 Å². The van der Waals surface area contributed by atoms with Gasteiger partial charge in [0.05, 0.1) is 6.61 Å². The van der Waals surface area contributed by atoms with Crippen LogP contribution in [0.3, 0.4) is 0 Å². The molecule has 1 unspecified atom stereocenters. The molecule has 1 aliphatic heterocycles. The van der Waals surface area contributed by atoms with Gasteiger partial charge in [-0.1, -0.05) is 41.5 Å². The van der Waals surface area contributed by atoms with Crippen LogP contribution in [0.2, 0.25) is 0 Å². The van der Waals surface area contributed by atoms with E-state index < -0.39 is 0 Å². The average molecular weight is 187 g/mol. The summed E-state index contributed by atoms with van der Waals surface area (Å²) in [6, 6.07) is 0. The molecule has 0 radical (unpaired) electrons. The van der Waals surface area contributed by atoms with Crippen molar-refractivity contribution in [1.82, 2.24) is 5.32 Å². The number of nitrogens with one attached hydrogen (secondary N) is 1. The highest BCUT2D eigenvalue weighted by molar-refractivity contribution is 4.78. The molecule has 0 saturated carbocycles. The van der Waals surface area contributed by atoms with Crippen LogP contribution < -0.4 is 5.32 Å². The SMILES string of the molecule is CC.CC(C)C1NCC(C)(C)CO1. The van der Waals surface area contributed by atoms with E-state index in [1.807, 2.05) is 13.8 Å². The number of ether oxygens (including phenoxy) is 1. The minimum atomic E-state index is 0.267. The van der Waals surface area contributed by atoms with Crippen molar-refractivity contribution in [1.29, 1.82) is 0 Å². The van der Waals surface area contributed by atoms with Gasteiger partial charge in [-0.2, -0.15) is 0 Å². The van der Waals surface area contributed by atoms with Crippen molar-refractivity contribution in [2.75, 3.05) is 13.2 Å². The van der Waals surface area contributed by atoms with Gasteiger partial charge in [0.25, 0.3) is 0 Å². The first-order valence-electron chi connectivity index (χ1n) is 5.36. The van der Waals surface area contributed by atoms with Crippen molar-refractivity contribution in [3.05, 3.63) is 0 Å². The van der Waals surface area contributed by atoms with Gasteiger partial charge < -0.3 is 4.74 Å². The number of hydrogen-bond acceptors (Lipinski definition) is 2. The molecule has 13 heavy (non-hydrogen) atoms. The summed E-state index contributed by atoms with van der Waals surface area (Å²) in [5.41, 5.74) is 0.311. The molecule has 0 aromatic rings. The van der Waals surface area contributed by atoms with Gasteiger partial charge in [-0.3, -0.25) is 5.32 Å². The van der Waals surface area contributed by atoms with Gasteiger partial charge in [0.1, 0.15) is 6.23 Å². The first-order chi connectivity index (χ1) is 6.01. The summed E-state index contributed by atoms with van der Waals surface area (Å²) in [4.78, 5) is 0. The minimum Gasteiger partial charge on any atom is -0.362 e. The second-order valence-corrected chi connectivity index (χ2v) is 4.52. The van der Waals surface area contributed by atoms with Gasteiger partial charge in [-0.05, 0) is 5.92 Å². The Morgan fingerprint density at radius 2 is 1.85 bits per heavy atom. The largest absolute Gasteiger partial charge is 0.362 e. The number of hydrogen-bond donors (Lipinski definition) is 1. The highest BCUT2D eigenvalue weighted by atomic mass is 16.5. The van der Waals surface area contributed by atoms with Crippen LogP contribution in [0, 0.1) is 11.3 Å². The molecule has 0 amide bonds. The molecule has 1 heterocycles. The van der Waals surface area contributed by atoms with Crippen molar-refractivity contribution < 1.29 is 4.74 Å². The van der Waals surface area contributed by atoms with E-state index in [0.29, 0.717) is 11.3 Å². The summed E-state index contributed by atoms with van der Waals surface area (Å²) in [5, 5.41) is 3.39. The molecular weight excluding hydrogens is 162 g/mol. The van der Waals surface area contributed by atoms with Crippen LogP contribution in [-0.2, 0) is 4.74 Å². The van der Waals surface area contributed by atoms with Crippen LogP contribution in [0.5, 0.6) is 0 Å². The Bertz CT molecular complexity index is 122. The lowest BCUT2D eigenvalue weighted by molar-refractivity contribution is -0.0781. The lowest BCUT2D eigenvalue weighted by atomic mass is 9.93. The quantitative estimate of drug-likeness (QED) is 0.681. The summed E-state index contributed by atoms with van der Waals surface area (Å²) < 4.78 is 5.64. The van der Waals surface area contributed by atoms with E-state index in [2.05, 4.69) is 33.0 Å². The van der Waals surface area contributed by atoms with Crippen LogP contribution >= 0.6 is 0 Å². The zero-order chi connectivity index (χ0) is 10.5. The van der Waals surface area contributed by atoms with Gasteiger partial charge in [-0.15, -0.1) is 0 Å². The van der Waals surface area contributed by atoms with E-state index in [1.165, 1.54) is 0 Å². The third-order valence-corrected chi connectivity index (χ3v) is 2.04. The fourth-order valence-electron chi connectivity index (χ4n) is 1.23. The van der Waals surface area contributed by atoms with Gasteiger partial charge in [0, 0.05) is 12.0 Å². The topological polar surface area (TPSA) is 21.3 Å². The van der Waals surface area contributed by atoms with Crippen molar-refractivity contribution in [2.24, 2.45) is 11.3 Å². The zero-order valence-corrected chi connectivity index (χ0v) is 9.98. The molecule has 0 aromatic carbocycles. The normalized spacial score (nSPS) is 26.5. The summed E-state index contributed by atoms with van der Waals surface area (Å²) in [5.74, 6) is 0.575. The first-order valence-corrected chi connectivity index (χ1v) is 5.36. The molecular formula is C11H25NO. The van der Waals surface area contributed by atoms with E-state index >= 15 is 0 Å². The Morgan fingerprint density at radius 3 is 2.15 bits per heavy atom. The molecule has 1 saturated heterocycles. The third kappa shape index (κ3) is 4.63. The lowest BCUT2D eigenvalue weighted by Gasteiger charge is -2.37. The molecule has 0 bridgehead atoms. The van der Waals surface area contributed by atoms with Crippen LogP contribution in [0.15, 0.2) is 0 Å². The fourth-order valence-corrected chi connectivity index (χ4v) is 1.23. The Morgan fingerprint density at radius 1 is 1.31 bits per heavy atom. The summed E-state index contributed by atoms with van der Waals surface area (Å²) in [7, 11) is 0. The van der Waals surface area contributed by atoms with Crippen LogP contribution in [-0.4, -0.2) is 19.4 Å². The van der Waals surface area contributed by atoms with E-state index in [9.17, 15) is 0 Å². The average Bonchev–Trinajstić information content (AvgIpc) is 2.07. The molecule has 0 aromatic heterocycles. The maximum atomic E-state index is 5.64. The van der Waals surface area contributed by atoms with Crippen molar-refractivity contribution in [2.45, 2.75) is 47.8 Å². The molecule has 2 heteroatoms. The smallest absolute Gasteiger partial charge is 0.110 e. The van der Waals surface area contributed by atoms with E-state index in [1.54, 1.807) is 0 Å². The molecule has 80 valence electrons. The Balaban J connectivity index is 0.000000671. The highest BCUT2D eigenvalue weighted by Gasteiger charge is 2.28. The molecule has 1 aliphatic rings.